The van der Waals surface area contributed by atoms with Crippen LogP contribution in [-0.4, -0.2) is 5.78 Å². The molecule has 0 amide bonds. The van der Waals surface area contributed by atoms with Gasteiger partial charge in [-0.1, -0.05) is 12.1 Å². The predicted octanol–water partition coefficient (Wildman–Crippen LogP) is 4.54. The Morgan fingerprint density at radius 2 is 2.00 bits per heavy atom. The molecule has 0 saturated carbocycles. The highest BCUT2D eigenvalue weighted by atomic mass is 79.9. The lowest BCUT2D eigenvalue weighted by Crippen LogP contribution is -2.02. The minimum Gasteiger partial charge on any atom is -0.289 e. The molecule has 3 heteroatoms. The van der Waals surface area contributed by atoms with E-state index in [-0.39, 0.29) is 5.78 Å². The van der Waals surface area contributed by atoms with Crippen LogP contribution in [0.25, 0.3) is 0 Å². The average molecular weight is 321 g/mol. The van der Waals surface area contributed by atoms with Gasteiger partial charge in [-0.3, -0.25) is 4.79 Å². The van der Waals surface area contributed by atoms with Gasteiger partial charge in [-0.25, -0.2) is 0 Å². The smallest absolute Gasteiger partial charge is 0.194 e. The highest BCUT2D eigenvalue weighted by Crippen LogP contribution is 2.29. The van der Waals surface area contributed by atoms with Crippen LogP contribution in [0.3, 0.4) is 0 Å². The highest BCUT2D eigenvalue weighted by Gasteiger charge is 2.17. The van der Waals surface area contributed by atoms with Crippen LogP contribution in [0.15, 0.2) is 28.1 Å². The minimum atomic E-state index is 0.143. The van der Waals surface area contributed by atoms with Crippen molar-refractivity contribution < 1.29 is 4.79 Å². The lowest BCUT2D eigenvalue weighted by Gasteiger charge is -2.04. The summed E-state index contributed by atoms with van der Waals surface area (Å²) in [5.74, 6) is 0.143. The summed E-state index contributed by atoms with van der Waals surface area (Å²) >= 11 is 5.05. The second-order valence-corrected chi connectivity index (χ2v) is 7.32. The van der Waals surface area contributed by atoms with Gasteiger partial charge in [0.1, 0.15) is 0 Å². The van der Waals surface area contributed by atoms with Crippen molar-refractivity contribution in [1.29, 1.82) is 0 Å². The number of hydrogen-bond acceptors (Lipinski definition) is 2. The van der Waals surface area contributed by atoms with E-state index in [9.17, 15) is 4.79 Å². The fourth-order valence-electron chi connectivity index (χ4n) is 2.54. The molecule has 3 rings (SSSR count). The molecule has 1 aromatic heterocycles. The number of rotatable bonds is 2. The monoisotopic (exact) mass is 320 g/mol. The second-order valence-electron chi connectivity index (χ2n) is 4.69. The van der Waals surface area contributed by atoms with Crippen molar-refractivity contribution in [2.24, 2.45) is 0 Å². The minimum absolute atomic E-state index is 0.143. The summed E-state index contributed by atoms with van der Waals surface area (Å²) in [5, 5.41) is 0. The summed E-state index contributed by atoms with van der Waals surface area (Å²) in [6.07, 6.45) is 3.49. The molecule has 0 aliphatic heterocycles. The molecule has 1 heterocycles. The van der Waals surface area contributed by atoms with E-state index in [4.69, 9.17) is 0 Å². The van der Waals surface area contributed by atoms with Crippen LogP contribution in [-0.2, 0) is 12.8 Å². The zero-order chi connectivity index (χ0) is 12.7. The summed E-state index contributed by atoms with van der Waals surface area (Å²) in [7, 11) is 0. The second kappa shape index (κ2) is 4.63. The average Bonchev–Trinajstić information content (AvgIpc) is 2.93. The lowest BCUT2D eigenvalue weighted by molar-refractivity contribution is 0.103. The largest absolute Gasteiger partial charge is 0.289 e. The van der Waals surface area contributed by atoms with Crippen LogP contribution in [0, 0.1) is 6.92 Å². The van der Waals surface area contributed by atoms with Crippen LogP contribution in [0.5, 0.6) is 0 Å². The Morgan fingerprint density at radius 3 is 2.72 bits per heavy atom. The van der Waals surface area contributed by atoms with E-state index in [1.54, 1.807) is 11.3 Å². The number of halogens is 1. The van der Waals surface area contributed by atoms with Crippen molar-refractivity contribution in [1.82, 2.24) is 0 Å². The highest BCUT2D eigenvalue weighted by molar-refractivity contribution is 9.11. The molecule has 1 aliphatic carbocycles. The Hall–Kier alpha value is -0.930. The molecule has 0 spiro atoms. The fourth-order valence-corrected chi connectivity index (χ4v) is 4.23. The first-order valence-electron chi connectivity index (χ1n) is 6.07. The van der Waals surface area contributed by atoms with Crippen molar-refractivity contribution >= 4 is 33.0 Å². The number of hydrogen-bond donors (Lipinski definition) is 0. The molecular weight excluding hydrogens is 308 g/mol. The van der Waals surface area contributed by atoms with Crippen molar-refractivity contribution in [3.05, 3.63) is 55.2 Å². The van der Waals surface area contributed by atoms with Gasteiger partial charge in [-0.05, 0) is 65.4 Å². The molecule has 1 aromatic carbocycles. The topological polar surface area (TPSA) is 17.1 Å². The maximum absolute atomic E-state index is 12.5. The van der Waals surface area contributed by atoms with Gasteiger partial charge in [0.05, 0.1) is 3.79 Å². The number of ketones is 1. The first-order valence-corrected chi connectivity index (χ1v) is 7.68. The number of aryl methyl sites for hydroxylation is 3. The summed E-state index contributed by atoms with van der Waals surface area (Å²) in [6, 6.07) is 8.09. The normalized spacial score (nSPS) is 13.7. The van der Waals surface area contributed by atoms with Gasteiger partial charge < -0.3 is 0 Å². The molecule has 0 radical (unpaired) electrons. The zero-order valence-electron chi connectivity index (χ0n) is 10.1. The Morgan fingerprint density at radius 1 is 1.22 bits per heavy atom. The third kappa shape index (κ3) is 2.06. The molecule has 1 nitrogen and oxygen atoms in total. The maximum atomic E-state index is 12.5. The molecule has 0 atom stereocenters. The zero-order valence-corrected chi connectivity index (χ0v) is 12.5. The van der Waals surface area contributed by atoms with E-state index >= 15 is 0 Å². The van der Waals surface area contributed by atoms with Crippen molar-refractivity contribution in [2.45, 2.75) is 26.2 Å². The van der Waals surface area contributed by atoms with Crippen molar-refractivity contribution in [3.8, 4) is 0 Å². The first kappa shape index (κ1) is 12.1. The number of fused-ring (bicyclic) bond motifs is 1. The number of carbonyl (C=O) groups excluding carboxylic acids is 1. The van der Waals surface area contributed by atoms with Gasteiger partial charge in [-0.15, -0.1) is 11.3 Å². The molecule has 0 fully saturated rings. The molecule has 0 N–H and O–H groups in total. The third-order valence-corrected chi connectivity index (χ3v) is 5.05. The summed E-state index contributed by atoms with van der Waals surface area (Å²) in [6.45, 7) is 2.00. The Balaban J connectivity index is 2.00. The molecule has 1 aliphatic rings. The SMILES string of the molecule is Cc1sc(Br)cc1C(=O)c1ccc2c(c1)CCC2. The molecule has 0 bridgehead atoms. The molecule has 0 saturated heterocycles. The van der Waals surface area contributed by atoms with Crippen LogP contribution >= 0.6 is 27.3 Å². The molecule has 18 heavy (non-hydrogen) atoms. The van der Waals surface area contributed by atoms with E-state index in [0.29, 0.717) is 0 Å². The van der Waals surface area contributed by atoms with E-state index in [0.717, 1.165) is 32.6 Å². The third-order valence-electron chi connectivity index (χ3n) is 3.49. The van der Waals surface area contributed by atoms with Gasteiger partial charge in [-0.2, -0.15) is 0 Å². The van der Waals surface area contributed by atoms with E-state index in [2.05, 4.69) is 28.1 Å². The van der Waals surface area contributed by atoms with E-state index in [1.165, 1.54) is 17.5 Å². The van der Waals surface area contributed by atoms with Crippen molar-refractivity contribution in [3.63, 3.8) is 0 Å². The molecular formula is C15H13BrOS. The summed E-state index contributed by atoms with van der Waals surface area (Å²) in [4.78, 5) is 13.5. The van der Waals surface area contributed by atoms with Gasteiger partial charge in [0.15, 0.2) is 5.78 Å². The quantitative estimate of drug-likeness (QED) is 0.742. The van der Waals surface area contributed by atoms with Gasteiger partial charge in [0.25, 0.3) is 0 Å². The van der Waals surface area contributed by atoms with Gasteiger partial charge in [0, 0.05) is 16.0 Å². The summed E-state index contributed by atoms with van der Waals surface area (Å²) < 4.78 is 1.02. The summed E-state index contributed by atoms with van der Waals surface area (Å²) in [5.41, 5.74) is 4.41. The fraction of sp³-hybridized carbons (Fsp3) is 0.267. The Bertz CT molecular complexity index is 627. The maximum Gasteiger partial charge on any atom is 0.194 e. The molecule has 92 valence electrons. The molecule has 0 unspecified atom stereocenters. The van der Waals surface area contributed by atoms with Crippen LogP contribution < -0.4 is 0 Å². The first-order chi connectivity index (χ1) is 8.65. The lowest BCUT2D eigenvalue weighted by atomic mass is 10.00. The van der Waals surface area contributed by atoms with E-state index < -0.39 is 0 Å². The number of carbonyl (C=O) groups is 1. The van der Waals surface area contributed by atoms with Gasteiger partial charge >= 0.3 is 0 Å². The Kier molecular flexibility index (Phi) is 3.12. The molecule has 2 aromatic rings. The van der Waals surface area contributed by atoms with Crippen LogP contribution in [0.4, 0.5) is 0 Å². The predicted molar refractivity (Wildman–Crippen MR) is 78.7 cm³/mol. The van der Waals surface area contributed by atoms with Crippen LogP contribution in [0.2, 0.25) is 0 Å². The number of thiophene rings is 1. The Labute approximate surface area is 119 Å². The van der Waals surface area contributed by atoms with Gasteiger partial charge in [0.2, 0.25) is 0 Å². The van der Waals surface area contributed by atoms with E-state index in [1.807, 2.05) is 19.1 Å². The van der Waals surface area contributed by atoms with Crippen LogP contribution in [0.1, 0.15) is 38.3 Å². The van der Waals surface area contributed by atoms with Crippen molar-refractivity contribution in [2.75, 3.05) is 0 Å². The standard InChI is InChI=1S/C15H13BrOS/c1-9-13(8-14(16)18-9)15(17)12-6-5-10-3-2-4-11(10)7-12/h5-8H,2-4H2,1H3. The number of benzene rings is 1.